The number of hydrogen-bond acceptors (Lipinski definition) is 3. The van der Waals surface area contributed by atoms with E-state index in [0.717, 1.165) is 49.5 Å². The van der Waals surface area contributed by atoms with E-state index in [0.29, 0.717) is 16.6 Å². The minimum Gasteiger partial charge on any atom is -0.345 e. The summed E-state index contributed by atoms with van der Waals surface area (Å²) in [5.41, 5.74) is 4.23. The topological polar surface area (TPSA) is 44.4 Å². The third kappa shape index (κ3) is 3.66. The van der Waals surface area contributed by atoms with Gasteiger partial charge in [0.2, 0.25) is 0 Å². The van der Waals surface area contributed by atoms with Crippen molar-refractivity contribution in [3.05, 3.63) is 69.7 Å². The number of carbonyl (C=O) groups excluding carboxylic acids is 1. The Bertz CT molecular complexity index is 931. The average molecular weight is 424 g/mol. The highest BCUT2D eigenvalue weighted by Gasteiger charge is 2.41. The van der Waals surface area contributed by atoms with Gasteiger partial charge in [-0.3, -0.25) is 9.69 Å². The Morgan fingerprint density at radius 1 is 1.23 bits per heavy atom. The molecule has 158 valence electrons. The molecule has 2 aromatic rings. The lowest BCUT2D eigenvalue weighted by Gasteiger charge is -2.49. The fraction of sp³-hybridized carbons (Fsp3) is 0.480. The summed E-state index contributed by atoms with van der Waals surface area (Å²) in [7, 11) is 0. The summed E-state index contributed by atoms with van der Waals surface area (Å²) in [6, 6.07) is 14.9. The second-order valence-electron chi connectivity index (χ2n) is 9.06. The molecule has 4 nitrogen and oxygen atoms in total. The van der Waals surface area contributed by atoms with E-state index >= 15 is 0 Å². The SMILES string of the molecule is C[C@@H](NC(=O)c1c(Cl)ccc2c1[C@H]1C[C@@H]3NCCC[C@@H]3CN1CC2)c1ccccc1. The summed E-state index contributed by atoms with van der Waals surface area (Å²) in [5, 5.41) is 7.50. The Kier molecular flexibility index (Phi) is 5.57. The largest absolute Gasteiger partial charge is 0.345 e. The maximum atomic E-state index is 13.4. The highest BCUT2D eigenvalue weighted by atomic mass is 35.5. The van der Waals surface area contributed by atoms with Crippen LogP contribution in [0.25, 0.3) is 0 Å². The lowest BCUT2D eigenvalue weighted by atomic mass is 9.76. The molecule has 2 N–H and O–H groups in total. The van der Waals surface area contributed by atoms with Crippen LogP contribution in [0.1, 0.15) is 65.3 Å². The summed E-state index contributed by atoms with van der Waals surface area (Å²) in [4.78, 5) is 16.1. The number of benzene rings is 2. The number of amides is 1. The van der Waals surface area contributed by atoms with Crippen LogP contribution in [0.4, 0.5) is 0 Å². The van der Waals surface area contributed by atoms with Gasteiger partial charge in [-0.25, -0.2) is 0 Å². The van der Waals surface area contributed by atoms with Crippen molar-refractivity contribution in [3.63, 3.8) is 0 Å². The molecule has 2 fully saturated rings. The predicted octanol–water partition coefficient (Wildman–Crippen LogP) is 4.50. The average Bonchev–Trinajstić information content (AvgIpc) is 2.78. The molecule has 30 heavy (non-hydrogen) atoms. The lowest BCUT2D eigenvalue weighted by molar-refractivity contribution is 0.0543. The van der Waals surface area contributed by atoms with Gasteiger partial charge in [0.15, 0.2) is 0 Å². The van der Waals surface area contributed by atoms with E-state index in [2.05, 4.69) is 21.6 Å². The van der Waals surface area contributed by atoms with Gasteiger partial charge in [0.25, 0.3) is 5.91 Å². The predicted molar refractivity (Wildman–Crippen MR) is 121 cm³/mol. The van der Waals surface area contributed by atoms with Gasteiger partial charge in [0, 0.05) is 25.2 Å². The van der Waals surface area contributed by atoms with Gasteiger partial charge in [-0.15, -0.1) is 0 Å². The van der Waals surface area contributed by atoms with Crippen LogP contribution in [0, 0.1) is 5.92 Å². The summed E-state index contributed by atoms with van der Waals surface area (Å²) in [5.74, 6) is 0.667. The molecule has 4 atom stereocenters. The van der Waals surface area contributed by atoms with Crippen LogP contribution in [0.3, 0.4) is 0 Å². The van der Waals surface area contributed by atoms with Crippen LogP contribution in [0.2, 0.25) is 5.02 Å². The van der Waals surface area contributed by atoms with Gasteiger partial charge in [-0.1, -0.05) is 48.0 Å². The molecule has 0 aliphatic carbocycles. The van der Waals surface area contributed by atoms with Gasteiger partial charge >= 0.3 is 0 Å². The monoisotopic (exact) mass is 423 g/mol. The van der Waals surface area contributed by atoms with Crippen molar-refractivity contribution < 1.29 is 4.79 Å². The van der Waals surface area contributed by atoms with E-state index in [9.17, 15) is 4.79 Å². The maximum absolute atomic E-state index is 13.4. The molecular formula is C25H30ClN3O. The van der Waals surface area contributed by atoms with Crippen LogP contribution >= 0.6 is 11.6 Å². The second kappa shape index (κ2) is 8.33. The molecule has 2 aromatic carbocycles. The molecule has 5 rings (SSSR count). The van der Waals surface area contributed by atoms with E-state index in [1.165, 1.54) is 18.4 Å². The molecule has 0 spiro atoms. The number of nitrogens with zero attached hydrogens (tertiary/aromatic N) is 1. The van der Waals surface area contributed by atoms with Crippen molar-refractivity contribution in [1.82, 2.24) is 15.5 Å². The summed E-state index contributed by atoms with van der Waals surface area (Å²) >= 11 is 6.66. The van der Waals surface area contributed by atoms with E-state index in [-0.39, 0.29) is 18.0 Å². The zero-order chi connectivity index (χ0) is 20.7. The highest BCUT2D eigenvalue weighted by Crippen LogP contribution is 2.43. The number of carbonyl (C=O) groups is 1. The summed E-state index contributed by atoms with van der Waals surface area (Å²) in [6.45, 7) is 5.33. The van der Waals surface area contributed by atoms with Crippen LogP contribution in [-0.4, -0.2) is 36.5 Å². The molecule has 5 heteroatoms. The van der Waals surface area contributed by atoms with Gasteiger partial charge < -0.3 is 10.6 Å². The summed E-state index contributed by atoms with van der Waals surface area (Å²) in [6.07, 6.45) is 4.63. The standard InChI is InChI=1S/C25H30ClN3O/c1-16(17-6-3-2-4-7-17)28-25(30)24-20(26)10-9-18-11-13-29-15-19-8-5-12-27-21(19)14-22(29)23(18)24/h2-4,6-7,9-10,16,19,21-22,27H,5,8,11-15H2,1H3,(H,28,30)/t16-,19-,21+,22-/m1/s1. The fourth-order valence-corrected chi connectivity index (χ4v) is 5.95. The number of halogens is 1. The van der Waals surface area contributed by atoms with Crippen molar-refractivity contribution in [2.75, 3.05) is 19.6 Å². The second-order valence-corrected chi connectivity index (χ2v) is 9.47. The van der Waals surface area contributed by atoms with Crippen LogP contribution < -0.4 is 10.6 Å². The van der Waals surface area contributed by atoms with E-state index in [1.54, 1.807) is 0 Å². The number of fused-ring (bicyclic) bond motifs is 4. The first kappa shape index (κ1) is 20.0. The first-order valence-electron chi connectivity index (χ1n) is 11.3. The quantitative estimate of drug-likeness (QED) is 0.763. The normalized spacial score (nSPS) is 26.8. The van der Waals surface area contributed by atoms with Crippen molar-refractivity contribution in [3.8, 4) is 0 Å². The van der Waals surface area contributed by atoms with E-state index in [1.807, 2.05) is 43.3 Å². The smallest absolute Gasteiger partial charge is 0.253 e. The highest BCUT2D eigenvalue weighted by molar-refractivity contribution is 6.34. The van der Waals surface area contributed by atoms with Crippen molar-refractivity contribution >= 4 is 17.5 Å². The number of piperidine rings is 2. The Morgan fingerprint density at radius 3 is 2.90 bits per heavy atom. The van der Waals surface area contributed by atoms with E-state index in [4.69, 9.17) is 11.6 Å². The van der Waals surface area contributed by atoms with Crippen LogP contribution in [-0.2, 0) is 6.42 Å². The minimum absolute atomic E-state index is 0.0613. The third-order valence-electron chi connectivity index (χ3n) is 7.28. The summed E-state index contributed by atoms with van der Waals surface area (Å²) < 4.78 is 0. The van der Waals surface area contributed by atoms with Gasteiger partial charge in [0.1, 0.15) is 0 Å². The first-order valence-corrected chi connectivity index (χ1v) is 11.6. The molecule has 0 aromatic heterocycles. The van der Waals surface area contributed by atoms with Crippen molar-refractivity contribution in [2.24, 2.45) is 5.92 Å². The van der Waals surface area contributed by atoms with Crippen LogP contribution in [0.5, 0.6) is 0 Å². The maximum Gasteiger partial charge on any atom is 0.253 e. The molecule has 2 saturated heterocycles. The fourth-order valence-electron chi connectivity index (χ4n) is 5.70. The molecule has 0 radical (unpaired) electrons. The van der Waals surface area contributed by atoms with Crippen molar-refractivity contribution in [1.29, 1.82) is 0 Å². The van der Waals surface area contributed by atoms with Gasteiger partial charge in [-0.05, 0) is 67.8 Å². The van der Waals surface area contributed by atoms with Gasteiger partial charge in [-0.2, -0.15) is 0 Å². The van der Waals surface area contributed by atoms with Gasteiger partial charge in [0.05, 0.1) is 16.6 Å². The zero-order valence-corrected chi connectivity index (χ0v) is 18.3. The molecule has 3 heterocycles. The molecule has 0 saturated carbocycles. The minimum atomic E-state index is -0.0685. The molecule has 0 bridgehead atoms. The Balaban J connectivity index is 1.46. The molecule has 0 unspecified atom stereocenters. The molecule has 3 aliphatic rings. The molecular weight excluding hydrogens is 394 g/mol. The Hall–Kier alpha value is -1.88. The van der Waals surface area contributed by atoms with E-state index < -0.39 is 0 Å². The van der Waals surface area contributed by atoms with Crippen LogP contribution in [0.15, 0.2) is 42.5 Å². The Morgan fingerprint density at radius 2 is 2.07 bits per heavy atom. The lowest BCUT2D eigenvalue weighted by Crippen LogP contribution is -2.55. The number of nitrogens with one attached hydrogen (secondary N) is 2. The molecule has 1 amide bonds. The number of rotatable bonds is 3. The third-order valence-corrected chi connectivity index (χ3v) is 7.59. The number of hydrogen-bond donors (Lipinski definition) is 2. The molecule has 3 aliphatic heterocycles. The first-order chi connectivity index (χ1) is 14.6. The Labute approximate surface area is 184 Å². The van der Waals surface area contributed by atoms with Crippen molar-refractivity contribution in [2.45, 2.75) is 50.7 Å². The zero-order valence-electron chi connectivity index (χ0n) is 17.5.